The minimum Gasteiger partial charge on any atom is -0.365 e. The predicted molar refractivity (Wildman–Crippen MR) is 111 cm³/mol. The summed E-state index contributed by atoms with van der Waals surface area (Å²) in [5.41, 5.74) is 5.45. The second-order valence-corrected chi connectivity index (χ2v) is 7.50. The maximum Gasteiger partial charge on any atom is 0.225 e. The summed E-state index contributed by atoms with van der Waals surface area (Å²) in [5, 5.41) is 12.2. The minimum absolute atomic E-state index is 0.116. The van der Waals surface area contributed by atoms with Gasteiger partial charge in [-0.15, -0.1) is 11.3 Å². The maximum atomic E-state index is 12.0. The van der Waals surface area contributed by atoms with E-state index in [1.165, 1.54) is 0 Å². The molecular formula is C21H22N4OS. The Morgan fingerprint density at radius 2 is 1.89 bits per heavy atom. The molecule has 5 nitrogen and oxygen atoms in total. The third-order valence-electron chi connectivity index (χ3n) is 4.76. The molecule has 0 atom stereocenters. The number of hydrogen-bond donors (Lipinski definition) is 3. The first-order chi connectivity index (χ1) is 13.2. The van der Waals surface area contributed by atoms with Gasteiger partial charge in [-0.05, 0) is 28.8 Å². The number of anilines is 1. The van der Waals surface area contributed by atoms with E-state index in [1.807, 2.05) is 19.2 Å². The van der Waals surface area contributed by atoms with E-state index in [9.17, 15) is 4.79 Å². The fourth-order valence-corrected chi connectivity index (χ4v) is 3.73. The number of carbonyl (C=O) groups is 1. The Kier molecular flexibility index (Phi) is 5.18. The number of nitrogens with one attached hydrogen (secondary N) is 3. The van der Waals surface area contributed by atoms with Crippen molar-refractivity contribution < 1.29 is 4.79 Å². The molecule has 1 aliphatic heterocycles. The third-order valence-corrected chi connectivity index (χ3v) is 5.62. The van der Waals surface area contributed by atoms with Crippen molar-refractivity contribution in [2.75, 3.05) is 25.5 Å². The maximum absolute atomic E-state index is 12.0. The van der Waals surface area contributed by atoms with Gasteiger partial charge in [0.1, 0.15) is 0 Å². The van der Waals surface area contributed by atoms with E-state index >= 15 is 0 Å². The Balaban J connectivity index is 1.51. The summed E-state index contributed by atoms with van der Waals surface area (Å²) in [6, 6.07) is 16.7. The van der Waals surface area contributed by atoms with E-state index in [-0.39, 0.29) is 11.8 Å². The smallest absolute Gasteiger partial charge is 0.225 e. The lowest BCUT2D eigenvalue weighted by molar-refractivity contribution is -0.126. The van der Waals surface area contributed by atoms with Gasteiger partial charge in [0.05, 0.1) is 11.6 Å². The lowest BCUT2D eigenvalue weighted by atomic mass is 10.00. The van der Waals surface area contributed by atoms with Gasteiger partial charge in [0, 0.05) is 37.6 Å². The second-order valence-electron chi connectivity index (χ2n) is 6.64. The summed E-state index contributed by atoms with van der Waals surface area (Å²) >= 11 is 1.60. The molecular weight excluding hydrogens is 356 g/mol. The summed E-state index contributed by atoms with van der Waals surface area (Å²) in [7, 11) is 1.88. The zero-order valence-corrected chi connectivity index (χ0v) is 16.0. The lowest BCUT2D eigenvalue weighted by Gasteiger charge is -2.25. The number of nitrogens with zero attached hydrogens (tertiary/aromatic N) is 1. The fraction of sp³-hybridized carbons (Fsp3) is 0.238. The number of aromatic nitrogens is 1. The van der Waals surface area contributed by atoms with Crippen LogP contribution in [0.5, 0.6) is 0 Å². The Labute approximate surface area is 162 Å². The van der Waals surface area contributed by atoms with Gasteiger partial charge in [-0.3, -0.25) is 4.79 Å². The number of carbonyl (C=O) groups excluding carboxylic acids is 1. The molecule has 6 heteroatoms. The molecule has 0 saturated carbocycles. The molecule has 0 bridgehead atoms. The van der Waals surface area contributed by atoms with Crippen molar-refractivity contribution >= 4 is 22.4 Å². The zero-order chi connectivity index (χ0) is 18.6. The van der Waals surface area contributed by atoms with Crippen LogP contribution in [0.15, 0.2) is 53.9 Å². The van der Waals surface area contributed by atoms with Crippen LogP contribution in [0.2, 0.25) is 0 Å². The highest BCUT2D eigenvalue weighted by Gasteiger charge is 2.24. The molecule has 1 fully saturated rings. The average molecular weight is 379 g/mol. The van der Waals surface area contributed by atoms with E-state index in [0.717, 1.165) is 46.2 Å². The van der Waals surface area contributed by atoms with Crippen molar-refractivity contribution in [2.24, 2.45) is 5.92 Å². The van der Waals surface area contributed by atoms with Gasteiger partial charge in [-0.25, -0.2) is 4.98 Å². The van der Waals surface area contributed by atoms with Gasteiger partial charge in [-0.2, -0.15) is 0 Å². The number of hydrogen-bond acceptors (Lipinski definition) is 5. The first kappa shape index (κ1) is 17.7. The molecule has 2 heterocycles. The Morgan fingerprint density at radius 1 is 1.15 bits per heavy atom. The predicted octanol–water partition coefficient (Wildman–Crippen LogP) is 3.35. The molecule has 1 aromatic heterocycles. The monoisotopic (exact) mass is 378 g/mol. The number of amides is 1. The average Bonchev–Trinajstić information content (AvgIpc) is 3.15. The lowest BCUT2D eigenvalue weighted by Crippen LogP contribution is -2.50. The highest BCUT2D eigenvalue weighted by molar-refractivity contribution is 7.14. The fourth-order valence-electron chi connectivity index (χ4n) is 3.05. The zero-order valence-electron chi connectivity index (χ0n) is 15.2. The largest absolute Gasteiger partial charge is 0.365 e. The molecule has 0 spiro atoms. The summed E-state index contributed by atoms with van der Waals surface area (Å²) in [4.78, 5) is 16.6. The van der Waals surface area contributed by atoms with Crippen LogP contribution in [0.4, 0.5) is 5.13 Å². The molecule has 138 valence electrons. The van der Waals surface area contributed by atoms with Gasteiger partial charge in [0.15, 0.2) is 5.13 Å². The van der Waals surface area contributed by atoms with E-state index in [1.54, 1.807) is 11.3 Å². The molecule has 1 saturated heterocycles. The number of rotatable bonds is 6. The molecule has 1 amide bonds. The van der Waals surface area contributed by atoms with Crippen LogP contribution in [0.1, 0.15) is 5.56 Å². The molecule has 0 aliphatic carbocycles. The van der Waals surface area contributed by atoms with Crippen molar-refractivity contribution in [2.45, 2.75) is 6.54 Å². The van der Waals surface area contributed by atoms with Crippen LogP contribution < -0.4 is 16.0 Å². The first-order valence-electron chi connectivity index (χ1n) is 9.04. The van der Waals surface area contributed by atoms with E-state index in [2.05, 4.69) is 62.7 Å². The van der Waals surface area contributed by atoms with Crippen molar-refractivity contribution in [3.05, 3.63) is 59.5 Å². The van der Waals surface area contributed by atoms with Gasteiger partial charge in [0.25, 0.3) is 0 Å². The van der Waals surface area contributed by atoms with E-state index < -0.39 is 0 Å². The standard InChI is InChI=1S/C21H22N4OS/c1-22-21-25-19(13-27-21)17-7-3-6-16(9-17)15-5-2-4-14(8-15)10-24-20(26)18-11-23-12-18/h2-9,13,18,23H,10-12H2,1H3,(H,22,25)(H,24,26). The van der Waals surface area contributed by atoms with Gasteiger partial charge in [0.2, 0.25) is 5.91 Å². The van der Waals surface area contributed by atoms with E-state index in [0.29, 0.717) is 6.54 Å². The molecule has 2 aromatic carbocycles. The summed E-state index contributed by atoms with van der Waals surface area (Å²) < 4.78 is 0. The molecule has 3 aromatic rings. The van der Waals surface area contributed by atoms with Crippen LogP contribution in [-0.2, 0) is 11.3 Å². The highest BCUT2D eigenvalue weighted by Crippen LogP contribution is 2.29. The molecule has 0 unspecified atom stereocenters. The Hall–Kier alpha value is -2.70. The quantitative estimate of drug-likeness (QED) is 0.615. The second kappa shape index (κ2) is 7.90. The van der Waals surface area contributed by atoms with Gasteiger partial charge >= 0.3 is 0 Å². The minimum atomic E-state index is 0.116. The van der Waals surface area contributed by atoms with Crippen LogP contribution in [0.25, 0.3) is 22.4 Å². The normalized spacial score (nSPS) is 13.8. The van der Waals surface area contributed by atoms with Gasteiger partial charge < -0.3 is 16.0 Å². The highest BCUT2D eigenvalue weighted by atomic mass is 32.1. The topological polar surface area (TPSA) is 66.0 Å². The molecule has 4 rings (SSSR count). The molecule has 1 aliphatic rings. The number of benzene rings is 2. The molecule has 3 N–H and O–H groups in total. The first-order valence-corrected chi connectivity index (χ1v) is 9.92. The third kappa shape index (κ3) is 4.02. The SMILES string of the molecule is CNc1nc(-c2cccc(-c3cccc(CNC(=O)C4CNC4)c3)c2)cs1. The summed E-state index contributed by atoms with van der Waals surface area (Å²) in [6.45, 7) is 2.12. The van der Waals surface area contributed by atoms with Crippen molar-refractivity contribution in [3.8, 4) is 22.4 Å². The van der Waals surface area contributed by atoms with E-state index in [4.69, 9.17) is 0 Å². The van der Waals surface area contributed by atoms with Crippen molar-refractivity contribution in [3.63, 3.8) is 0 Å². The molecule has 27 heavy (non-hydrogen) atoms. The number of thiazole rings is 1. The van der Waals surface area contributed by atoms with Crippen LogP contribution in [0, 0.1) is 5.92 Å². The van der Waals surface area contributed by atoms with Crippen LogP contribution in [-0.4, -0.2) is 31.0 Å². The van der Waals surface area contributed by atoms with Gasteiger partial charge in [-0.1, -0.05) is 36.4 Å². The molecule has 0 radical (unpaired) electrons. The summed E-state index contributed by atoms with van der Waals surface area (Å²) in [5.74, 6) is 0.246. The van der Waals surface area contributed by atoms with Crippen LogP contribution >= 0.6 is 11.3 Å². The Bertz CT molecular complexity index is 949. The van der Waals surface area contributed by atoms with Crippen molar-refractivity contribution in [1.29, 1.82) is 0 Å². The summed E-state index contributed by atoms with van der Waals surface area (Å²) in [6.07, 6.45) is 0. The van der Waals surface area contributed by atoms with Crippen molar-refractivity contribution in [1.82, 2.24) is 15.6 Å². The Morgan fingerprint density at radius 3 is 2.59 bits per heavy atom. The van der Waals surface area contributed by atoms with Crippen LogP contribution in [0.3, 0.4) is 0 Å².